The van der Waals surface area contributed by atoms with Crippen LogP contribution in [-0.2, 0) is 9.84 Å². The first-order valence-electron chi connectivity index (χ1n) is 9.39. The Balaban J connectivity index is 1.82. The summed E-state index contributed by atoms with van der Waals surface area (Å²) >= 11 is 0. The molecule has 2 aliphatic heterocycles. The molecular formula is C21H25FN2O2S. The number of rotatable bonds is 2. The Labute approximate surface area is 160 Å². The van der Waals surface area contributed by atoms with Crippen LogP contribution in [0.3, 0.4) is 0 Å². The molecule has 1 saturated heterocycles. The molecule has 1 N–H and O–H groups in total. The molecule has 0 spiro atoms. The van der Waals surface area contributed by atoms with E-state index < -0.39 is 15.7 Å². The maximum absolute atomic E-state index is 13.6. The lowest BCUT2D eigenvalue weighted by Gasteiger charge is -2.32. The maximum Gasteiger partial charge on any atom is 0.206 e. The van der Waals surface area contributed by atoms with E-state index in [1.54, 1.807) is 6.07 Å². The van der Waals surface area contributed by atoms with Crippen LogP contribution in [0.25, 0.3) is 0 Å². The fraction of sp³-hybridized carbons (Fsp3) is 0.429. The number of sulfone groups is 1. The average Bonchev–Trinajstić information content (AvgIpc) is 2.84. The minimum Gasteiger partial charge on any atom is -0.370 e. The third kappa shape index (κ3) is 2.95. The summed E-state index contributed by atoms with van der Waals surface area (Å²) in [6, 6.07) is 10.9. The van der Waals surface area contributed by atoms with Gasteiger partial charge >= 0.3 is 0 Å². The van der Waals surface area contributed by atoms with Crippen LogP contribution in [0.1, 0.15) is 25.3 Å². The van der Waals surface area contributed by atoms with Crippen molar-refractivity contribution in [2.75, 3.05) is 25.0 Å². The topological polar surface area (TPSA) is 49.4 Å². The molecule has 2 aliphatic rings. The van der Waals surface area contributed by atoms with E-state index in [1.807, 2.05) is 12.1 Å². The summed E-state index contributed by atoms with van der Waals surface area (Å²) < 4.78 is 39.7. The van der Waals surface area contributed by atoms with Crippen molar-refractivity contribution in [2.24, 2.45) is 11.8 Å². The van der Waals surface area contributed by atoms with Gasteiger partial charge < -0.3 is 10.2 Å². The highest BCUT2D eigenvalue weighted by Gasteiger charge is 2.44. The van der Waals surface area contributed by atoms with Gasteiger partial charge in [0, 0.05) is 24.7 Å². The molecule has 2 aromatic rings. The van der Waals surface area contributed by atoms with Crippen LogP contribution in [-0.4, -0.2) is 34.6 Å². The van der Waals surface area contributed by atoms with Crippen LogP contribution in [0.15, 0.2) is 52.3 Å². The van der Waals surface area contributed by atoms with Crippen LogP contribution < -0.4 is 10.2 Å². The number of benzene rings is 2. The fourth-order valence-corrected chi connectivity index (χ4v) is 6.14. The largest absolute Gasteiger partial charge is 0.370 e. The summed E-state index contributed by atoms with van der Waals surface area (Å²) in [6.45, 7) is 6.34. The van der Waals surface area contributed by atoms with Crippen LogP contribution in [0, 0.1) is 17.7 Å². The highest BCUT2D eigenvalue weighted by atomic mass is 32.2. The van der Waals surface area contributed by atoms with Crippen molar-refractivity contribution in [3.05, 3.63) is 53.8 Å². The molecule has 0 radical (unpaired) electrons. The van der Waals surface area contributed by atoms with Crippen molar-refractivity contribution in [2.45, 2.75) is 35.6 Å². The quantitative estimate of drug-likeness (QED) is 0.856. The number of hydrogen-bond acceptors (Lipinski definition) is 4. The molecule has 27 heavy (non-hydrogen) atoms. The number of hydrogen-bond donors (Lipinski definition) is 1. The van der Waals surface area contributed by atoms with Crippen molar-refractivity contribution in [1.29, 1.82) is 0 Å². The molecule has 0 aliphatic carbocycles. The smallest absolute Gasteiger partial charge is 0.206 e. The first-order chi connectivity index (χ1) is 12.8. The highest BCUT2D eigenvalue weighted by Crippen LogP contribution is 2.48. The number of halogens is 1. The number of anilines is 1. The molecule has 2 aromatic carbocycles. The van der Waals surface area contributed by atoms with E-state index in [1.165, 1.54) is 18.2 Å². The minimum atomic E-state index is -3.75. The first-order valence-corrected chi connectivity index (χ1v) is 10.9. The normalized spacial score (nSPS) is 27.8. The lowest BCUT2D eigenvalue weighted by Crippen LogP contribution is -2.39. The van der Waals surface area contributed by atoms with E-state index in [9.17, 15) is 12.8 Å². The summed E-state index contributed by atoms with van der Waals surface area (Å²) in [4.78, 5) is 2.53. The summed E-state index contributed by atoms with van der Waals surface area (Å²) in [5.74, 6) is 0.586. The van der Waals surface area contributed by atoms with Gasteiger partial charge in [-0.25, -0.2) is 12.8 Å². The van der Waals surface area contributed by atoms with Crippen LogP contribution in [0.4, 0.5) is 10.1 Å². The third-order valence-electron chi connectivity index (χ3n) is 6.10. The molecule has 0 aromatic heterocycles. The second-order valence-corrected chi connectivity index (χ2v) is 9.87. The predicted octanol–water partition coefficient (Wildman–Crippen LogP) is 3.44. The van der Waals surface area contributed by atoms with E-state index in [2.05, 4.69) is 31.1 Å². The Hall–Kier alpha value is -1.92. The van der Waals surface area contributed by atoms with Crippen LogP contribution >= 0.6 is 0 Å². The molecule has 1 fully saturated rings. The third-order valence-corrected chi connectivity index (χ3v) is 7.85. The molecule has 2 heterocycles. The standard InChI is InChI=1S/C21H25FN2O2S/c1-13-11-23-12-14(2)21-20(13)18-10-17(7-8-19(18)24(21)3)27(25,26)16-6-4-5-15(22)9-16/h4-10,13-14,20-21,23H,11-12H2,1-3H3/t13?,14?,20-,21?/m1/s1. The second-order valence-electron chi connectivity index (χ2n) is 7.92. The van der Waals surface area contributed by atoms with E-state index in [0.29, 0.717) is 17.9 Å². The van der Waals surface area contributed by atoms with E-state index in [0.717, 1.165) is 30.4 Å². The van der Waals surface area contributed by atoms with Gasteiger partial charge in [0.15, 0.2) is 0 Å². The Morgan fingerprint density at radius 2 is 1.74 bits per heavy atom. The van der Waals surface area contributed by atoms with Crippen molar-refractivity contribution in [3.8, 4) is 0 Å². The van der Waals surface area contributed by atoms with Gasteiger partial charge in [0.2, 0.25) is 9.84 Å². The van der Waals surface area contributed by atoms with Crippen LogP contribution in [0.5, 0.6) is 0 Å². The molecule has 4 nitrogen and oxygen atoms in total. The van der Waals surface area contributed by atoms with Gasteiger partial charge in [0.05, 0.1) is 9.79 Å². The van der Waals surface area contributed by atoms with Gasteiger partial charge in [0.1, 0.15) is 5.82 Å². The Kier molecular flexibility index (Phi) is 4.51. The van der Waals surface area contributed by atoms with Gasteiger partial charge in [-0.2, -0.15) is 0 Å². The van der Waals surface area contributed by atoms with Gasteiger partial charge in [-0.15, -0.1) is 0 Å². The summed E-state index contributed by atoms with van der Waals surface area (Å²) in [6.07, 6.45) is 0. The van der Waals surface area contributed by atoms with Crippen molar-refractivity contribution >= 4 is 15.5 Å². The molecule has 6 heteroatoms. The Bertz CT molecular complexity index is 976. The molecule has 0 saturated carbocycles. The van der Waals surface area contributed by atoms with Gasteiger partial charge in [0.25, 0.3) is 0 Å². The van der Waals surface area contributed by atoms with Gasteiger partial charge in [-0.05, 0) is 66.9 Å². The van der Waals surface area contributed by atoms with Gasteiger partial charge in [-0.3, -0.25) is 0 Å². The zero-order valence-corrected chi connectivity index (χ0v) is 16.6. The summed E-state index contributed by atoms with van der Waals surface area (Å²) in [7, 11) is -1.66. The molecule has 0 bridgehead atoms. The van der Waals surface area contributed by atoms with E-state index >= 15 is 0 Å². The van der Waals surface area contributed by atoms with Crippen molar-refractivity contribution < 1.29 is 12.8 Å². The Morgan fingerprint density at radius 3 is 2.48 bits per heavy atom. The molecule has 3 unspecified atom stereocenters. The molecule has 0 amide bonds. The molecule has 144 valence electrons. The predicted molar refractivity (Wildman–Crippen MR) is 104 cm³/mol. The zero-order valence-electron chi connectivity index (χ0n) is 15.8. The SMILES string of the molecule is CC1CNCC(C)[C@@H]2c3cc(S(=O)(=O)c4cccc(F)c4)ccc3N(C)C12. The maximum atomic E-state index is 13.6. The zero-order chi connectivity index (χ0) is 19.3. The lowest BCUT2D eigenvalue weighted by atomic mass is 9.80. The monoisotopic (exact) mass is 388 g/mol. The van der Waals surface area contributed by atoms with E-state index in [-0.39, 0.29) is 15.7 Å². The Morgan fingerprint density at radius 1 is 1.04 bits per heavy atom. The number of nitrogens with one attached hydrogen (secondary N) is 1. The molecule has 4 rings (SSSR count). The summed E-state index contributed by atoms with van der Waals surface area (Å²) in [5, 5.41) is 3.52. The lowest BCUT2D eigenvalue weighted by molar-refractivity contribution is 0.374. The van der Waals surface area contributed by atoms with Crippen molar-refractivity contribution in [1.82, 2.24) is 5.32 Å². The minimum absolute atomic E-state index is 0.00528. The van der Waals surface area contributed by atoms with Gasteiger partial charge in [-0.1, -0.05) is 19.9 Å². The highest BCUT2D eigenvalue weighted by molar-refractivity contribution is 7.91. The fourth-order valence-electron chi connectivity index (χ4n) is 4.81. The van der Waals surface area contributed by atoms with E-state index in [4.69, 9.17) is 0 Å². The summed E-state index contributed by atoms with van der Waals surface area (Å²) in [5.41, 5.74) is 2.19. The van der Waals surface area contributed by atoms with Crippen molar-refractivity contribution in [3.63, 3.8) is 0 Å². The number of fused-ring (bicyclic) bond motifs is 3. The molecule has 4 atom stereocenters. The number of likely N-dealkylation sites (N-methyl/N-ethyl adjacent to an activating group) is 1. The molecular weight excluding hydrogens is 363 g/mol. The second kappa shape index (κ2) is 6.60. The first kappa shape index (κ1) is 18.4. The average molecular weight is 389 g/mol. The van der Waals surface area contributed by atoms with Crippen LogP contribution in [0.2, 0.25) is 0 Å². The number of nitrogens with zero attached hydrogens (tertiary/aromatic N) is 1.